The van der Waals surface area contributed by atoms with Crippen LogP contribution in [0.25, 0.3) is 0 Å². The van der Waals surface area contributed by atoms with Crippen LogP contribution in [0.5, 0.6) is 0 Å². The minimum absolute atomic E-state index is 0.194. The highest BCUT2D eigenvalue weighted by Gasteiger charge is 2.31. The number of hydrogen-bond acceptors (Lipinski definition) is 4. The van der Waals surface area contributed by atoms with Crippen molar-refractivity contribution >= 4 is 17.9 Å². The fraction of sp³-hybridized carbons (Fsp3) is 0.462. The van der Waals surface area contributed by atoms with E-state index in [1.54, 1.807) is 11.1 Å². The number of carbonyl (C=O) groups excluding carboxylic acids is 2. The lowest BCUT2D eigenvalue weighted by Crippen LogP contribution is -2.53. The Kier molecular flexibility index (Phi) is 3.41. The summed E-state index contributed by atoms with van der Waals surface area (Å²) in [6, 6.07) is 5.32. The number of nitrogens with zero attached hydrogens (tertiary/aromatic N) is 4. The van der Waals surface area contributed by atoms with Crippen molar-refractivity contribution in [1.82, 2.24) is 20.1 Å². The predicted octanol–water partition coefficient (Wildman–Crippen LogP) is 0.349. The van der Waals surface area contributed by atoms with E-state index in [0.29, 0.717) is 26.2 Å². The maximum atomic E-state index is 12.2. The Morgan fingerprint density at radius 1 is 1.15 bits per heavy atom. The average molecular weight is 275 g/mol. The molecule has 1 aromatic heterocycles. The highest BCUT2D eigenvalue weighted by molar-refractivity contribution is 5.95. The van der Waals surface area contributed by atoms with Gasteiger partial charge in [0.05, 0.1) is 0 Å². The van der Waals surface area contributed by atoms with E-state index >= 15 is 0 Å². The second-order valence-electron chi connectivity index (χ2n) is 4.83. The van der Waals surface area contributed by atoms with E-state index in [9.17, 15) is 9.59 Å². The lowest BCUT2D eigenvalue weighted by atomic mass is 10.3. The van der Waals surface area contributed by atoms with Gasteiger partial charge in [-0.2, -0.15) is 0 Å². The summed E-state index contributed by atoms with van der Waals surface area (Å²) in [7, 11) is 0. The van der Waals surface area contributed by atoms with E-state index in [2.05, 4.69) is 15.2 Å². The third kappa shape index (κ3) is 2.38. The van der Waals surface area contributed by atoms with E-state index in [1.807, 2.05) is 18.2 Å². The molecule has 0 radical (unpaired) electrons. The zero-order valence-corrected chi connectivity index (χ0v) is 11.2. The molecule has 1 N–H and O–H groups in total. The predicted molar refractivity (Wildman–Crippen MR) is 73.5 cm³/mol. The Morgan fingerprint density at radius 2 is 1.95 bits per heavy atom. The highest BCUT2D eigenvalue weighted by atomic mass is 16.2. The van der Waals surface area contributed by atoms with Crippen molar-refractivity contribution in [2.24, 2.45) is 0 Å². The monoisotopic (exact) mass is 275 g/mol. The summed E-state index contributed by atoms with van der Waals surface area (Å²) >= 11 is 0. The molecule has 0 bridgehead atoms. The third-order valence-electron chi connectivity index (χ3n) is 3.61. The number of aromatic nitrogens is 1. The number of amides is 4. The van der Waals surface area contributed by atoms with Gasteiger partial charge in [-0.1, -0.05) is 6.07 Å². The zero-order chi connectivity index (χ0) is 13.9. The lowest BCUT2D eigenvalue weighted by molar-refractivity contribution is 0.161. The average Bonchev–Trinajstić information content (AvgIpc) is 2.94. The van der Waals surface area contributed by atoms with E-state index in [1.165, 1.54) is 4.90 Å². The smallest absolute Gasteiger partial charge is 0.328 e. The van der Waals surface area contributed by atoms with Gasteiger partial charge < -0.3 is 15.1 Å². The Bertz CT molecular complexity index is 499. The van der Waals surface area contributed by atoms with Gasteiger partial charge in [-0.25, -0.2) is 19.5 Å². The van der Waals surface area contributed by atoms with Crippen LogP contribution in [0.3, 0.4) is 0 Å². The molecule has 106 valence electrons. The summed E-state index contributed by atoms with van der Waals surface area (Å²) in [4.78, 5) is 33.2. The first kappa shape index (κ1) is 12.7. The molecule has 4 amide bonds. The van der Waals surface area contributed by atoms with Crippen molar-refractivity contribution in [2.45, 2.75) is 0 Å². The Hall–Kier alpha value is -2.31. The summed E-state index contributed by atoms with van der Waals surface area (Å²) in [6.07, 6.45) is 1.77. The van der Waals surface area contributed by atoms with Crippen molar-refractivity contribution in [2.75, 3.05) is 44.2 Å². The summed E-state index contributed by atoms with van der Waals surface area (Å²) in [5.74, 6) is 0.929. The highest BCUT2D eigenvalue weighted by Crippen LogP contribution is 2.14. The van der Waals surface area contributed by atoms with E-state index < -0.39 is 0 Å². The Labute approximate surface area is 117 Å². The molecule has 2 aliphatic rings. The maximum absolute atomic E-state index is 12.2. The molecule has 2 saturated heterocycles. The molecule has 1 aromatic rings. The van der Waals surface area contributed by atoms with Crippen LogP contribution in [-0.2, 0) is 0 Å². The molecule has 3 heterocycles. The normalized spacial score (nSPS) is 19.2. The van der Waals surface area contributed by atoms with Gasteiger partial charge in [0, 0.05) is 45.5 Å². The number of anilines is 1. The van der Waals surface area contributed by atoms with Crippen LogP contribution in [-0.4, -0.2) is 66.1 Å². The van der Waals surface area contributed by atoms with Crippen molar-refractivity contribution in [3.8, 4) is 0 Å². The molecule has 0 aliphatic carbocycles. The topological polar surface area (TPSA) is 68.8 Å². The molecule has 20 heavy (non-hydrogen) atoms. The number of carbonyl (C=O) groups is 2. The number of imide groups is 1. The minimum Gasteiger partial charge on any atom is -0.353 e. The summed E-state index contributed by atoms with van der Waals surface area (Å²) in [5, 5.41) is 2.64. The fourth-order valence-electron chi connectivity index (χ4n) is 2.49. The van der Waals surface area contributed by atoms with Crippen molar-refractivity contribution in [3.05, 3.63) is 24.4 Å². The van der Waals surface area contributed by atoms with Crippen LogP contribution >= 0.6 is 0 Å². The fourth-order valence-corrected chi connectivity index (χ4v) is 2.49. The molecule has 0 spiro atoms. The standard InChI is InChI=1S/C13H17N5O2/c19-12-15-5-6-18(12)13(20)17-9-7-16(8-10-17)11-3-1-2-4-14-11/h1-4H,5-10H2,(H,15,19). The number of urea groups is 2. The van der Waals surface area contributed by atoms with Gasteiger partial charge in [0.1, 0.15) is 5.82 Å². The van der Waals surface area contributed by atoms with Crippen LogP contribution in [0.2, 0.25) is 0 Å². The number of nitrogens with one attached hydrogen (secondary N) is 1. The van der Waals surface area contributed by atoms with Gasteiger partial charge in [-0.05, 0) is 12.1 Å². The van der Waals surface area contributed by atoms with Gasteiger partial charge in [0.15, 0.2) is 0 Å². The van der Waals surface area contributed by atoms with Crippen molar-refractivity contribution in [1.29, 1.82) is 0 Å². The van der Waals surface area contributed by atoms with Crippen LogP contribution in [0.4, 0.5) is 15.4 Å². The zero-order valence-electron chi connectivity index (χ0n) is 11.2. The quantitative estimate of drug-likeness (QED) is 0.803. The Balaban J connectivity index is 1.58. The van der Waals surface area contributed by atoms with Gasteiger partial charge in [-0.15, -0.1) is 0 Å². The van der Waals surface area contributed by atoms with Gasteiger partial charge >= 0.3 is 12.1 Å². The van der Waals surface area contributed by atoms with Crippen molar-refractivity contribution in [3.63, 3.8) is 0 Å². The first-order chi connectivity index (χ1) is 9.75. The van der Waals surface area contributed by atoms with Crippen LogP contribution in [0.1, 0.15) is 0 Å². The molecule has 7 heteroatoms. The van der Waals surface area contributed by atoms with Gasteiger partial charge in [-0.3, -0.25) is 0 Å². The summed E-state index contributed by atoms with van der Waals surface area (Å²) in [6.45, 7) is 3.69. The first-order valence-corrected chi connectivity index (χ1v) is 6.76. The number of pyridine rings is 1. The van der Waals surface area contributed by atoms with Gasteiger partial charge in [0.25, 0.3) is 0 Å². The SMILES string of the molecule is O=C1NCCN1C(=O)N1CCN(c2ccccn2)CC1. The van der Waals surface area contributed by atoms with E-state index in [0.717, 1.165) is 18.9 Å². The molecular weight excluding hydrogens is 258 g/mol. The summed E-state index contributed by atoms with van der Waals surface area (Å²) in [5.41, 5.74) is 0. The molecule has 7 nitrogen and oxygen atoms in total. The number of rotatable bonds is 1. The molecule has 0 aromatic carbocycles. The molecule has 0 unspecified atom stereocenters. The van der Waals surface area contributed by atoms with Crippen LogP contribution in [0, 0.1) is 0 Å². The minimum atomic E-state index is -0.290. The van der Waals surface area contributed by atoms with Crippen LogP contribution in [0.15, 0.2) is 24.4 Å². The second-order valence-corrected chi connectivity index (χ2v) is 4.83. The number of hydrogen-bond donors (Lipinski definition) is 1. The summed E-state index contributed by atoms with van der Waals surface area (Å²) < 4.78 is 0. The molecule has 0 saturated carbocycles. The maximum Gasteiger partial charge on any atom is 0.328 e. The lowest BCUT2D eigenvalue weighted by Gasteiger charge is -2.36. The molecule has 2 fully saturated rings. The first-order valence-electron chi connectivity index (χ1n) is 6.76. The Morgan fingerprint density at radius 3 is 2.55 bits per heavy atom. The molecule has 2 aliphatic heterocycles. The molecular formula is C13H17N5O2. The molecule has 3 rings (SSSR count). The molecule has 0 atom stereocenters. The van der Waals surface area contributed by atoms with Gasteiger partial charge in [0.2, 0.25) is 0 Å². The van der Waals surface area contributed by atoms with E-state index in [-0.39, 0.29) is 12.1 Å². The van der Waals surface area contributed by atoms with E-state index in [4.69, 9.17) is 0 Å². The largest absolute Gasteiger partial charge is 0.353 e. The van der Waals surface area contributed by atoms with Crippen LogP contribution < -0.4 is 10.2 Å². The van der Waals surface area contributed by atoms with Crippen molar-refractivity contribution < 1.29 is 9.59 Å². The number of piperazine rings is 1. The second kappa shape index (κ2) is 5.36. The third-order valence-corrected chi connectivity index (χ3v) is 3.61.